The van der Waals surface area contributed by atoms with Crippen molar-refractivity contribution < 1.29 is 13.2 Å². The number of carbonyl (C=O) groups is 1. The van der Waals surface area contributed by atoms with E-state index in [0.29, 0.717) is 30.5 Å². The third-order valence-electron chi connectivity index (χ3n) is 4.14. The summed E-state index contributed by atoms with van der Waals surface area (Å²) in [5, 5.41) is 0. The molecule has 0 aliphatic heterocycles. The fourth-order valence-corrected chi connectivity index (χ4v) is 4.55. The Balaban J connectivity index is 2.12. The van der Waals surface area contributed by atoms with Crippen LogP contribution in [-0.4, -0.2) is 22.9 Å². The Labute approximate surface area is 118 Å². The highest BCUT2D eigenvalue weighted by atomic mass is 32.2. The Morgan fingerprint density at radius 2 is 2.05 bits per heavy atom. The van der Waals surface area contributed by atoms with Gasteiger partial charge in [0.25, 0.3) is 0 Å². The number of carbonyl (C=O) groups excluding carboxylic acids is 1. The van der Waals surface area contributed by atoms with Crippen LogP contribution < -0.4 is 0 Å². The Morgan fingerprint density at radius 1 is 1.25 bits per heavy atom. The average Bonchev–Trinajstić information content (AvgIpc) is 2.85. The van der Waals surface area contributed by atoms with Gasteiger partial charge in [0.2, 0.25) is 10.0 Å². The molecule has 1 unspecified atom stereocenters. The zero-order valence-corrected chi connectivity index (χ0v) is 12.2. The fourth-order valence-electron chi connectivity index (χ4n) is 2.85. The summed E-state index contributed by atoms with van der Waals surface area (Å²) >= 11 is 0. The molecule has 3 rings (SSSR count). The third-order valence-corrected chi connectivity index (χ3v) is 6.48. The number of nitrogens with zero attached hydrogens (tertiary/aromatic N) is 1. The van der Waals surface area contributed by atoms with Crippen LogP contribution in [0.1, 0.15) is 42.2 Å². The van der Waals surface area contributed by atoms with Crippen LogP contribution in [-0.2, 0) is 16.4 Å². The summed E-state index contributed by atoms with van der Waals surface area (Å²) in [6.45, 7) is 1.72. The van der Waals surface area contributed by atoms with Crippen molar-refractivity contribution in [1.29, 1.82) is 0 Å². The van der Waals surface area contributed by atoms with Gasteiger partial charge in [-0.1, -0.05) is 24.3 Å². The highest BCUT2D eigenvalue weighted by molar-refractivity contribution is 7.91. The van der Waals surface area contributed by atoms with Crippen LogP contribution in [0.25, 0.3) is 0 Å². The number of aromatic nitrogens is 1. The van der Waals surface area contributed by atoms with Crippen molar-refractivity contribution in [3.05, 3.63) is 47.8 Å². The molecule has 4 nitrogen and oxygen atoms in total. The second-order valence-electron chi connectivity index (χ2n) is 5.56. The number of ketones is 1. The van der Waals surface area contributed by atoms with Crippen molar-refractivity contribution in [2.75, 3.05) is 0 Å². The third kappa shape index (κ3) is 1.80. The fraction of sp³-hybridized carbons (Fsp3) is 0.400. The maximum atomic E-state index is 12.9. The highest BCUT2D eigenvalue weighted by Gasteiger charge is 2.39. The maximum Gasteiger partial charge on any atom is 0.248 e. The predicted molar refractivity (Wildman–Crippen MR) is 77.3 cm³/mol. The van der Waals surface area contributed by atoms with Crippen LogP contribution in [0.4, 0.5) is 0 Å². The molecule has 0 N–H and O–H groups in total. The van der Waals surface area contributed by atoms with Gasteiger partial charge in [-0.15, -0.1) is 0 Å². The van der Waals surface area contributed by atoms with Gasteiger partial charge >= 0.3 is 0 Å². The molecular formula is C15H17NO3S. The second kappa shape index (κ2) is 4.45. The lowest BCUT2D eigenvalue weighted by molar-refractivity contribution is 0.0972. The SMILES string of the molecule is CC1(S(=O)(=O)n2ccc3c2CCCC3=O)C=CC=CC1. The molecule has 20 heavy (non-hydrogen) atoms. The number of fused-ring (bicyclic) bond motifs is 1. The van der Waals surface area contributed by atoms with Gasteiger partial charge in [0.15, 0.2) is 5.78 Å². The van der Waals surface area contributed by atoms with E-state index in [-0.39, 0.29) is 5.78 Å². The first-order chi connectivity index (χ1) is 9.46. The molecule has 106 valence electrons. The van der Waals surface area contributed by atoms with Crippen LogP contribution in [0.2, 0.25) is 0 Å². The van der Waals surface area contributed by atoms with E-state index in [2.05, 4.69) is 0 Å². The average molecular weight is 291 g/mol. The van der Waals surface area contributed by atoms with Gasteiger partial charge < -0.3 is 0 Å². The van der Waals surface area contributed by atoms with E-state index in [4.69, 9.17) is 0 Å². The zero-order chi connectivity index (χ0) is 14.4. The molecule has 0 amide bonds. The van der Waals surface area contributed by atoms with Crippen molar-refractivity contribution in [2.45, 2.75) is 37.4 Å². The van der Waals surface area contributed by atoms with Crippen LogP contribution >= 0.6 is 0 Å². The summed E-state index contributed by atoms with van der Waals surface area (Å²) < 4.78 is 26.2. The van der Waals surface area contributed by atoms with E-state index in [1.165, 1.54) is 10.2 Å². The first-order valence-corrected chi connectivity index (χ1v) is 8.23. The normalized spacial score (nSPS) is 25.8. The number of hydrogen-bond acceptors (Lipinski definition) is 3. The van der Waals surface area contributed by atoms with E-state index in [1.807, 2.05) is 12.2 Å². The lowest BCUT2D eigenvalue weighted by Gasteiger charge is -2.28. The molecule has 0 spiro atoms. The summed E-state index contributed by atoms with van der Waals surface area (Å²) in [6, 6.07) is 1.64. The predicted octanol–water partition coefficient (Wildman–Crippen LogP) is 2.46. The molecule has 0 fully saturated rings. The second-order valence-corrected chi connectivity index (χ2v) is 7.83. The minimum atomic E-state index is -3.56. The van der Waals surface area contributed by atoms with E-state index in [0.717, 1.165) is 6.42 Å². The molecule has 5 heteroatoms. The Hall–Kier alpha value is -1.62. The molecule has 1 atom stereocenters. The summed E-state index contributed by atoms with van der Waals surface area (Å²) in [6.07, 6.45) is 11.1. The molecule has 0 bridgehead atoms. The van der Waals surface area contributed by atoms with Gasteiger partial charge in [0, 0.05) is 23.9 Å². The van der Waals surface area contributed by atoms with Crippen molar-refractivity contribution >= 4 is 15.8 Å². The largest absolute Gasteiger partial charge is 0.294 e. The van der Waals surface area contributed by atoms with Crippen LogP contribution in [0.3, 0.4) is 0 Å². The van der Waals surface area contributed by atoms with Gasteiger partial charge in [-0.25, -0.2) is 12.4 Å². The van der Waals surface area contributed by atoms with Gasteiger partial charge in [0.05, 0.1) is 0 Å². The molecule has 0 saturated heterocycles. The molecule has 2 aliphatic rings. The molecule has 0 saturated carbocycles. The summed E-state index contributed by atoms with van der Waals surface area (Å²) in [5.74, 6) is 0.0458. The lowest BCUT2D eigenvalue weighted by atomic mass is 9.97. The molecule has 0 aromatic carbocycles. The minimum absolute atomic E-state index is 0.0458. The van der Waals surface area contributed by atoms with Crippen molar-refractivity contribution in [1.82, 2.24) is 3.97 Å². The molecular weight excluding hydrogens is 274 g/mol. The first kappa shape index (κ1) is 13.4. The topological polar surface area (TPSA) is 56.1 Å². The number of Topliss-reactive ketones (excluding diaryl/α,β-unsaturated/α-hetero) is 1. The van der Waals surface area contributed by atoms with Crippen molar-refractivity contribution in [3.63, 3.8) is 0 Å². The van der Waals surface area contributed by atoms with Gasteiger partial charge in [-0.2, -0.15) is 0 Å². The number of allylic oxidation sites excluding steroid dienone is 3. The molecule has 0 radical (unpaired) electrons. The smallest absolute Gasteiger partial charge is 0.248 e. The van der Waals surface area contributed by atoms with E-state index in [1.54, 1.807) is 25.1 Å². The van der Waals surface area contributed by atoms with Crippen LogP contribution in [0.5, 0.6) is 0 Å². The molecule has 2 aliphatic carbocycles. The summed E-state index contributed by atoms with van der Waals surface area (Å²) in [5.41, 5.74) is 1.21. The van der Waals surface area contributed by atoms with Gasteiger partial charge in [-0.3, -0.25) is 4.79 Å². The first-order valence-electron chi connectivity index (χ1n) is 6.79. The number of hydrogen-bond donors (Lipinski definition) is 0. The standard InChI is InChI=1S/C15H17NO3S/c1-15(9-3-2-4-10-15)20(18,19)16-11-8-12-13(16)6-5-7-14(12)17/h2-4,8-9,11H,5-7,10H2,1H3. The van der Waals surface area contributed by atoms with E-state index < -0.39 is 14.8 Å². The van der Waals surface area contributed by atoms with Crippen molar-refractivity contribution in [3.8, 4) is 0 Å². The maximum absolute atomic E-state index is 12.9. The monoisotopic (exact) mass is 291 g/mol. The summed E-state index contributed by atoms with van der Waals surface area (Å²) in [7, 11) is -3.56. The molecule has 1 aromatic heterocycles. The lowest BCUT2D eigenvalue weighted by Crippen LogP contribution is -2.38. The molecule has 1 heterocycles. The highest BCUT2D eigenvalue weighted by Crippen LogP contribution is 2.32. The minimum Gasteiger partial charge on any atom is -0.294 e. The van der Waals surface area contributed by atoms with Gasteiger partial charge in [0.1, 0.15) is 4.75 Å². The molecule has 1 aromatic rings. The van der Waals surface area contributed by atoms with Crippen molar-refractivity contribution in [2.24, 2.45) is 0 Å². The van der Waals surface area contributed by atoms with Crippen LogP contribution in [0, 0.1) is 0 Å². The number of rotatable bonds is 2. The zero-order valence-electron chi connectivity index (χ0n) is 11.4. The van der Waals surface area contributed by atoms with Crippen LogP contribution in [0.15, 0.2) is 36.6 Å². The van der Waals surface area contributed by atoms with E-state index >= 15 is 0 Å². The Bertz CT molecular complexity index is 724. The Morgan fingerprint density at radius 3 is 2.75 bits per heavy atom. The summed E-state index contributed by atoms with van der Waals surface area (Å²) in [4.78, 5) is 11.8. The van der Waals surface area contributed by atoms with Gasteiger partial charge in [-0.05, 0) is 32.3 Å². The quantitative estimate of drug-likeness (QED) is 0.841. The van der Waals surface area contributed by atoms with E-state index in [9.17, 15) is 13.2 Å². The Kier molecular flexibility index (Phi) is 2.97.